The lowest BCUT2D eigenvalue weighted by atomic mass is 10.4. The molecule has 20 heavy (non-hydrogen) atoms. The number of amides is 1. The summed E-state index contributed by atoms with van der Waals surface area (Å²) < 4.78 is 0. The average molecular weight is 292 g/mol. The van der Waals surface area contributed by atoms with Crippen LogP contribution < -0.4 is 10.6 Å². The molecular weight excluding hydrogens is 278 g/mol. The van der Waals surface area contributed by atoms with Gasteiger partial charge in [-0.15, -0.1) is 0 Å². The first kappa shape index (κ1) is 14.2. The van der Waals surface area contributed by atoms with Gasteiger partial charge in [-0.1, -0.05) is 18.5 Å². The van der Waals surface area contributed by atoms with Crippen molar-refractivity contribution in [1.29, 1.82) is 0 Å². The van der Waals surface area contributed by atoms with Gasteiger partial charge >= 0.3 is 0 Å². The van der Waals surface area contributed by atoms with Gasteiger partial charge < -0.3 is 10.6 Å². The molecule has 7 heteroatoms. The van der Waals surface area contributed by atoms with Crippen LogP contribution in [0.15, 0.2) is 30.7 Å². The molecule has 0 aliphatic carbocycles. The highest BCUT2D eigenvalue weighted by molar-refractivity contribution is 6.33. The van der Waals surface area contributed by atoms with Crippen molar-refractivity contribution >= 4 is 29.1 Å². The van der Waals surface area contributed by atoms with E-state index in [0.29, 0.717) is 16.7 Å². The highest BCUT2D eigenvalue weighted by Crippen LogP contribution is 2.18. The number of halogens is 1. The summed E-state index contributed by atoms with van der Waals surface area (Å²) >= 11 is 5.93. The van der Waals surface area contributed by atoms with Crippen LogP contribution in [0.3, 0.4) is 0 Å². The molecule has 0 spiro atoms. The second-order valence-electron chi connectivity index (χ2n) is 4.00. The van der Waals surface area contributed by atoms with Crippen molar-refractivity contribution in [1.82, 2.24) is 15.0 Å². The maximum Gasteiger partial charge on any atom is 0.277 e. The average Bonchev–Trinajstić information content (AvgIpc) is 2.48. The molecule has 2 aromatic rings. The van der Waals surface area contributed by atoms with Crippen molar-refractivity contribution in [2.24, 2.45) is 0 Å². The summed E-state index contributed by atoms with van der Waals surface area (Å²) in [4.78, 5) is 24.2. The Morgan fingerprint density at radius 1 is 1.40 bits per heavy atom. The largest absolute Gasteiger partial charge is 0.369 e. The van der Waals surface area contributed by atoms with Crippen LogP contribution in [-0.2, 0) is 0 Å². The molecular formula is C13H14ClN5O. The second-order valence-corrected chi connectivity index (χ2v) is 4.41. The fourth-order valence-corrected chi connectivity index (χ4v) is 1.63. The molecule has 0 aliphatic heterocycles. The van der Waals surface area contributed by atoms with E-state index in [1.807, 2.05) is 6.92 Å². The quantitative estimate of drug-likeness (QED) is 0.885. The van der Waals surface area contributed by atoms with Gasteiger partial charge in [0.25, 0.3) is 5.91 Å². The third kappa shape index (κ3) is 3.64. The minimum atomic E-state index is -0.404. The third-order valence-electron chi connectivity index (χ3n) is 2.41. The van der Waals surface area contributed by atoms with Gasteiger partial charge in [-0.25, -0.2) is 9.97 Å². The minimum absolute atomic E-state index is 0.202. The number of nitrogens with zero attached hydrogens (tertiary/aromatic N) is 3. The van der Waals surface area contributed by atoms with Crippen molar-refractivity contribution in [2.75, 3.05) is 17.2 Å². The highest BCUT2D eigenvalue weighted by Gasteiger charge is 2.11. The van der Waals surface area contributed by atoms with E-state index >= 15 is 0 Å². The lowest BCUT2D eigenvalue weighted by Crippen LogP contribution is -2.16. The number of rotatable bonds is 5. The van der Waals surface area contributed by atoms with Crippen LogP contribution in [0.4, 0.5) is 11.6 Å². The summed E-state index contributed by atoms with van der Waals surface area (Å²) in [6.45, 7) is 2.81. The normalized spacial score (nSPS) is 10.1. The van der Waals surface area contributed by atoms with Gasteiger partial charge in [0, 0.05) is 12.7 Å². The Morgan fingerprint density at radius 3 is 3.00 bits per heavy atom. The van der Waals surface area contributed by atoms with E-state index in [9.17, 15) is 4.79 Å². The fourth-order valence-electron chi connectivity index (χ4n) is 1.46. The van der Waals surface area contributed by atoms with E-state index in [-0.39, 0.29) is 5.69 Å². The zero-order valence-electron chi connectivity index (χ0n) is 10.9. The van der Waals surface area contributed by atoms with Crippen molar-refractivity contribution < 1.29 is 4.79 Å². The maximum atomic E-state index is 12.1. The Hall–Kier alpha value is -2.21. The summed E-state index contributed by atoms with van der Waals surface area (Å²) in [5.74, 6) is 0.456. The van der Waals surface area contributed by atoms with Gasteiger partial charge in [0.2, 0.25) is 0 Å². The second kappa shape index (κ2) is 6.81. The molecule has 0 atom stereocenters. The van der Waals surface area contributed by atoms with Crippen LogP contribution >= 0.6 is 11.6 Å². The summed E-state index contributed by atoms with van der Waals surface area (Å²) in [5, 5.41) is 6.04. The molecule has 2 aromatic heterocycles. The summed E-state index contributed by atoms with van der Waals surface area (Å²) in [6, 6.07) is 3.34. The van der Waals surface area contributed by atoms with Crippen molar-refractivity contribution in [3.63, 3.8) is 0 Å². The van der Waals surface area contributed by atoms with Crippen molar-refractivity contribution in [2.45, 2.75) is 13.3 Å². The fraction of sp³-hybridized carbons (Fsp3) is 0.231. The van der Waals surface area contributed by atoms with Crippen LogP contribution in [0.2, 0.25) is 5.02 Å². The van der Waals surface area contributed by atoms with Gasteiger partial charge in [0.15, 0.2) is 5.82 Å². The lowest BCUT2D eigenvalue weighted by molar-refractivity contribution is 0.102. The molecule has 0 saturated heterocycles. The molecule has 0 saturated carbocycles. The first-order valence-corrected chi connectivity index (χ1v) is 6.56. The Bertz CT molecular complexity index is 605. The standard InChI is InChI=1S/C13H14ClN5O/c1-2-5-16-11-8-15-7-10(18-11)13(20)19-12-9(14)4-3-6-17-12/h3-4,6-8H,2,5H2,1H3,(H,16,18)(H,17,19,20). The van der Waals surface area contributed by atoms with E-state index in [0.717, 1.165) is 13.0 Å². The predicted octanol–water partition coefficient (Wildman–Crippen LogP) is 2.60. The maximum absolute atomic E-state index is 12.1. The van der Waals surface area contributed by atoms with E-state index in [1.54, 1.807) is 24.5 Å². The van der Waals surface area contributed by atoms with Crippen molar-refractivity contribution in [3.05, 3.63) is 41.4 Å². The molecule has 2 rings (SSSR count). The molecule has 0 aliphatic rings. The molecule has 0 radical (unpaired) electrons. The molecule has 0 unspecified atom stereocenters. The highest BCUT2D eigenvalue weighted by atomic mass is 35.5. The van der Waals surface area contributed by atoms with Crippen LogP contribution in [0.5, 0.6) is 0 Å². The molecule has 2 N–H and O–H groups in total. The molecule has 1 amide bonds. The first-order valence-electron chi connectivity index (χ1n) is 6.18. The molecule has 0 fully saturated rings. The minimum Gasteiger partial charge on any atom is -0.369 e. The number of hydrogen-bond acceptors (Lipinski definition) is 5. The Kier molecular flexibility index (Phi) is 4.84. The first-order chi connectivity index (χ1) is 9.70. The number of nitrogens with one attached hydrogen (secondary N) is 2. The van der Waals surface area contributed by atoms with Gasteiger partial charge in [-0.3, -0.25) is 9.78 Å². The summed E-state index contributed by atoms with van der Waals surface area (Å²) in [5.41, 5.74) is 0.202. The van der Waals surface area contributed by atoms with Gasteiger partial charge in [-0.2, -0.15) is 0 Å². The smallest absolute Gasteiger partial charge is 0.277 e. The number of hydrogen-bond donors (Lipinski definition) is 2. The van der Waals surface area contributed by atoms with Gasteiger partial charge in [-0.05, 0) is 18.6 Å². The van der Waals surface area contributed by atoms with Gasteiger partial charge in [0.1, 0.15) is 11.5 Å². The molecule has 104 valence electrons. The summed E-state index contributed by atoms with van der Waals surface area (Å²) in [6.07, 6.45) is 5.47. The number of carbonyl (C=O) groups is 1. The topological polar surface area (TPSA) is 79.8 Å². The van der Waals surface area contributed by atoms with Crippen LogP contribution in [0.1, 0.15) is 23.8 Å². The van der Waals surface area contributed by atoms with E-state index in [2.05, 4.69) is 25.6 Å². The Morgan fingerprint density at radius 2 is 2.25 bits per heavy atom. The number of aromatic nitrogens is 3. The van der Waals surface area contributed by atoms with Crippen LogP contribution in [-0.4, -0.2) is 27.4 Å². The predicted molar refractivity (Wildman–Crippen MR) is 78.0 cm³/mol. The summed E-state index contributed by atoms with van der Waals surface area (Å²) in [7, 11) is 0. The van der Waals surface area contributed by atoms with E-state index < -0.39 is 5.91 Å². The van der Waals surface area contributed by atoms with E-state index in [1.165, 1.54) is 6.20 Å². The van der Waals surface area contributed by atoms with Gasteiger partial charge in [0.05, 0.1) is 17.4 Å². The molecule has 0 aromatic carbocycles. The zero-order valence-corrected chi connectivity index (χ0v) is 11.7. The SMILES string of the molecule is CCCNc1cncc(C(=O)Nc2ncccc2Cl)n1. The van der Waals surface area contributed by atoms with Crippen molar-refractivity contribution in [3.8, 4) is 0 Å². The molecule has 2 heterocycles. The number of anilines is 2. The van der Waals surface area contributed by atoms with E-state index in [4.69, 9.17) is 11.6 Å². The van der Waals surface area contributed by atoms with Crippen LogP contribution in [0, 0.1) is 0 Å². The molecule has 0 bridgehead atoms. The molecule has 6 nitrogen and oxygen atoms in total. The third-order valence-corrected chi connectivity index (χ3v) is 2.72. The lowest BCUT2D eigenvalue weighted by Gasteiger charge is -2.07. The Labute approximate surface area is 121 Å². The monoisotopic (exact) mass is 291 g/mol. The number of carbonyl (C=O) groups excluding carboxylic acids is 1. The Balaban J connectivity index is 2.11. The zero-order chi connectivity index (χ0) is 14.4. The number of pyridine rings is 1. The van der Waals surface area contributed by atoms with Crippen LogP contribution in [0.25, 0.3) is 0 Å².